The van der Waals surface area contributed by atoms with Crippen molar-refractivity contribution in [1.29, 1.82) is 0 Å². The van der Waals surface area contributed by atoms with Crippen molar-refractivity contribution in [1.82, 2.24) is 15.0 Å². The van der Waals surface area contributed by atoms with Crippen LogP contribution in [0.15, 0.2) is 91.3 Å². The summed E-state index contributed by atoms with van der Waals surface area (Å²) in [6.07, 6.45) is 2.67. The number of rotatable bonds is 7. The largest absolute Gasteiger partial charge is 0.437 e. The predicted molar refractivity (Wildman–Crippen MR) is 138 cm³/mol. The number of benzene rings is 3. The van der Waals surface area contributed by atoms with Gasteiger partial charge in [-0.3, -0.25) is 0 Å². The zero-order chi connectivity index (χ0) is 24.2. The van der Waals surface area contributed by atoms with Gasteiger partial charge in [0.1, 0.15) is 5.75 Å². The first kappa shape index (κ1) is 22.3. The van der Waals surface area contributed by atoms with Gasteiger partial charge in [0.2, 0.25) is 11.8 Å². The van der Waals surface area contributed by atoms with Gasteiger partial charge in [0.25, 0.3) is 0 Å². The standard InChI is InChI=1S/C28H25N5O2/c1-18-12-13-20-21(9-5-11-23(20)32-17-25(34)19-7-3-2-4-8-19)26(18)35-27-22(10-6-15-30-27)24-14-16-31-28(29)33-24/h2-16,25,32,34H,17H2,1H3,(H2,29,31,33)/t25-/m0/s1. The molecule has 1 atom stereocenters. The van der Waals surface area contributed by atoms with E-state index < -0.39 is 6.10 Å². The fourth-order valence-corrected chi connectivity index (χ4v) is 4.02. The lowest BCUT2D eigenvalue weighted by molar-refractivity contribution is 0.191. The molecule has 0 aliphatic carbocycles. The maximum atomic E-state index is 10.6. The number of aromatic nitrogens is 3. The lowest BCUT2D eigenvalue weighted by Crippen LogP contribution is -2.12. The van der Waals surface area contributed by atoms with Crippen LogP contribution in [0.25, 0.3) is 22.0 Å². The molecule has 0 bridgehead atoms. The van der Waals surface area contributed by atoms with Gasteiger partial charge in [-0.15, -0.1) is 0 Å². The monoisotopic (exact) mass is 463 g/mol. The summed E-state index contributed by atoms with van der Waals surface area (Å²) in [5.74, 6) is 1.32. The summed E-state index contributed by atoms with van der Waals surface area (Å²) in [4.78, 5) is 12.8. The summed E-state index contributed by atoms with van der Waals surface area (Å²) in [5.41, 5.74) is 9.90. The van der Waals surface area contributed by atoms with Crippen LogP contribution in [0.5, 0.6) is 11.6 Å². The highest BCUT2D eigenvalue weighted by atomic mass is 16.5. The van der Waals surface area contributed by atoms with E-state index in [1.54, 1.807) is 18.5 Å². The van der Waals surface area contributed by atoms with Crippen LogP contribution in [0.4, 0.5) is 11.6 Å². The first-order valence-electron chi connectivity index (χ1n) is 11.3. The van der Waals surface area contributed by atoms with E-state index in [9.17, 15) is 5.11 Å². The van der Waals surface area contributed by atoms with Crippen molar-refractivity contribution < 1.29 is 9.84 Å². The van der Waals surface area contributed by atoms with Crippen LogP contribution in [0, 0.1) is 6.92 Å². The summed E-state index contributed by atoms with van der Waals surface area (Å²) < 4.78 is 6.41. The third-order valence-electron chi connectivity index (χ3n) is 5.80. The number of aryl methyl sites for hydroxylation is 1. The number of hydrogen-bond acceptors (Lipinski definition) is 7. The average molecular weight is 464 g/mol. The predicted octanol–water partition coefficient (Wildman–Crippen LogP) is 5.52. The molecule has 7 heteroatoms. The number of nitrogens with one attached hydrogen (secondary N) is 1. The Morgan fingerprint density at radius 2 is 1.74 bits per heavy atom. The van der Waals surface area contributed by atoms with Crippen molar-refractivity contribution in [2.75, 3.05) is 17.6 Å². The molecule has 0 radical (unpaired) electrons. The number of fused-ring (bicyclic) bond motifs is 1. The highest BCUT2D eigenvalue weighted by Crippen LogP contribution is 2.38. The minimum absolute atomic E-state index is 0.187. The second-order valence-electron chi connectivity index (χ2n) is 8.18. The van der Waals surface area contributed by atoms with Gasteiger partial charge in [0.15, 0.2) is 0 Å². The average Bonchev–Trinajstić information content (AvgIpc) is 2.89. The van der Waals surface area contributed by atoms with Crippen LogP contribution < -0.4 is 15.8 Å². The molecule has 0 unspecified atom stereocenters. The molecular weight excluding hydrogens is 438 g/mol. The Hall–Kier alpha value is -4.49. The Labute approximate surface area is 203 Å². The lowest BCUT2D eigenvalue weighted by atomic mass is 10.0. The Balaban J connectivity index is 1.48. The van der Waals surface area contributed by atoms with E-state index in [1.165, 1.54) is 0 Å². The number of ether oxygens (including phenoxy) is 1. The maximum absolute atomic E-state index is 10.6. The molecule has 0 saturated heterocycles. The molecule has 2 heterocycles. The summed E-state index contributed by atoms with van der Waals surface area (Å²) in [5, 5.41) is 15.9. The van der Waals surface area contributed by atoms with Gasteiger partial charge in [-0.2, -0.15) is 0 Å². The van der Waals surface area contributed by atoms with E-state index in [0.29, 0.717) is 23.9 Å². The SMILES string of the molecule is Cc1ccc2c(NC[C@H](O)c3ccccc3)cccc2c1Oc1ncccc1-c1ccnc(N)n1. The van der Waals surface area contributed by atoms with Gasteiger partial charge in [-0.05, 0) is 42.3 Å². The molecule has 5 rings (SSSR count). The van der Waals surface area contributed by atoms with Crippen molar-refractivity contribution in [2.24, 2.45) is 0 Å². The number of aliphatic hydroxyl groups excluding tert-OH is 1. The first-order chi connectivity index (χ1) is 17.1. The van der Waals surface area contributed by atoms with Crippen molar-refractivity contribution in [3.8, 4) is 22.9 Å². The number of aliphatic hydroxyl groups is 1. The minimum Gasteiger partial charge on any atom is -0.437 e. The van der Waals surface area contributed by atoms with E-state index in [2.05, 4.69) is 26.3 Å². The summed E-state index contributed by atoms with van der Waals surface area (Å²) in [7, 11) is 0. The van der Waals surface area contributed by atoms with Gasteiger partial charge >= 0.3 is 0 Å². The minimum atomic E-state index is -0.621. The molecule has 5 aromatic rings. The van der Waals surface area contributed by atoms with E-state index in [4.69, 9.17) is 10.5 Å². The van der Waals surface area contributed by atoms with E-state index >= 15 is 0 Å². The summed E-state index contributed by atoms with van der Waals surface area (Å²) in [6, 6.07) is 25.2. The molecule has 2 aromatic heterocycles. The molecule has 0 fully saturated rings. The third kappa shape index (κ3) is 4.76. The van der Waals surface area contributed by atoms with Crippen LogP contribution in [0.3, 0.4) is 0 Å². The van der Waals surface area contributed by atoms with Crippen LogP contribution in [-0.2, 0) is 0 Å². The smallest absolute Gasteiger partial charge is 0.228 e. The summed E-state index contributed by atoms with van der Waals surface area (Å²) in [6.45, 7) is 2.38. The molecule has 0 spiro atoms. The topological polar surface area (TPSA) is 106 Å². The zero-order valence-electron chi connectivity index (χ0n) is 19.2. The highest BCUT2D eigenvalue weighted by molar-refractivity contribution is 5.98. The van der Waals surface area contributed by atoms with Crippen LogP contribution in [-0.4, -0.2) is 26.6 Å². The fourth-order valence-electron chi connectivity index (χ4n) is 4.02. The van der Waals surface area contributed by atoms with Gasteiger partial charge in [0.05, 0.1) is 17.4 Å². The van der Waals surface area contributed by atoms with E-state index in [0.717, 1.165) is 33.2 Å². The Bertz CT molecular complexity index is 1470. The normalized spacial score (nSPS) is 11.8. The fraction of sp³-hybridized carbons (Fsp3) is 0.107. The third-order valence-corrected chi connectivity index (χ3v) is 5.80. The summed E-state index contributed by atoms with van der Waals surface area (Å²) >= 11 is 0. The number of hydrogen-bond donors (Lipinski definition) is 3. The Morgan fingerprint density at radius 1 is 0.886 bits per heavy atom. The van der Waals surface area contributed by atoms with Crippen LogP contribution in [0.1, 0.15) is 17.2 Å². The second-order valence-corrected chi connectivity index (χ2v) is 8.18. The van der Waals surface area contributed by atoms with E-state index in [-0.39, 0.29) is 5.95 Å². The molecule has 4 N–H and O–H groups in total. The number of anilines is 2. The van der Waals surface area contributed by atoms with Crippen molar-refractivity contribution in [2.45, 2.75) is 13.0 Å². The molecule has 0 amide bonds. The van der Waals surface area contributed by atoms with Gasteiger partial charge in [-0.25, -0.2) is 15.0 Å². The number of pyridine rings is 1. The Morgan fingerprint density at radius 3 is 2.57 bits per heavy atom. The molecule has 0 saturated carbocycles. The van der Waals surface area contributed by atoms with Crippen molar-refractivity contribution in [3.63, 3.8) is 0 Å². The van der Waals surface area contributed by atoms with Gasteiger partial charge < -0.3 is 20.9 Å². The molecule has 35 heavy (non-hydrogen) atoms. The van der Waals surface area contributed by atoms with Crippen LogP contribution in [0.2, 0.25) is 0 Å². The Kier molecular flexibility index (Phi) is 6.24. The van der Waals surface area contributed by atoms with Gasteiger partial charge in [-0.1, -0.05) is 54.6 Å². The molecule has 0 aliphatic heterocycles. The van der Waals surface area contributed by atoms with Crippen molar-refractivity contribution in [3.05, 3.63) is 102 Å². The maximum Gasteiger partial charge on any atom is 0.228 e. The quantitative estimate of drug-likeness (QED) is 0.292. The number of nitrogens with zero attached hydrogens (tertiary/aromatic N) is 3. The molecular formula is C28H25N5O2. The number of nitrogen functional groups attached to an aromatic ring is 1. The molecule has 7 nitrogen and oxygen atoms in total. The first-order valence-corrected chi connectivity index (χ1v) is 11.3. The van der Waals surface area contributed by atoms with Gasteiger partial charge in [0, 0.05) is 35.4 Å². The number of nitrogens with two attached hydrogens (primary N) is 1. The van der Waals surface area contributed by atoms with E-state index in [1.807, 2.05) is 73.7 Å². The second kappa shape index (κ2) is 9.79. The molecule has 0 aliphatic rings. The highest BCUT2D eigenvalue weighted by Gasteiger charge is 2.15. The molecule has 174 valence electrons. The van der Waals surface area contributed by atoms with Crippen molar-refractivity contribution >= 4 is 22.4 Å². The molecule has 3 aromatic carbocycles. The lowest BCUT2D eigenvalue weighted by Gasteiger charge is -2.17. The van der Waals surface area contributed by atoms with Crippen LogP contribution >= 0.6 is 0 Å². The zero-order valence-corrected chi connectivity index (χ0v) is 19.2.